The molecule has 0 bridgehead atoms. The Bertz CT molecular complexity index is 467. The van der Waals surface area contributed by atoms with E-state index in [0.717, 1.165) is 0 Å². The molecule has 0 aliphatic rings. The number of hydrogen-bond acceptors (Lipinski definition) is 4. The maximum atomic E-state index is 12.1. The Morgan fingerprint density at radius 2 is 1.89 bits per heavy atom. The van der Waals surface area contributed by atoms with Crippen LogP contribution in [0.2, 0.25) is 0 Å². The summed E-state index contributed by atoms with van der Waals surface area (Å²) in [4.78, 5) is 0.219. The lowest BCUT2D eigenvalue weighted by molar-refractivity contribution is 0.177. The fraction of sp³-hybridized carbons (Fsp3) is 0.500. The van der Waals surface area contributed by atoms with Crippen LogP contribution in [0.3, 0.4) is 0 Å². The molecular formula is C12H19NO4S. The first-order chi connectivity index (χ1) is 8.37. The zero-order chi connectivity index (χ0) is 13.8. The largest absolute Gasteiger partial charge is 0.497 e. The minimum absolute atomic E-state index is 0.219. The van der Waals surface area contributed by atoms with Gasteiger partial charge in [0.15, 0.2) is 0 Å². The average molecular weight is 273 g/mol. The molecular weight excluding hydrogens is 254 g/mol. The SMILES string of the molecule is COc1ccc(S(=O)(=O)N(C)CCC(C)O)cc1. The van der Waals surface area contributed by atoms with Gasteiger partial charge < -0.3 is 9.84 Å². The van der Waals surface area contributed by atoms with Crippen molar-refractivity contribution in [1.29, 1.82) is 0 Å². The van der Waals surface area contributed by atoms with Crippen LogP contribution in [-0.2, 0) is 10.0 Å². The summed E-state index contributed by atoms with van der Waals surface area (Å²) in [7, 11) is -0.465. The number of methoxy groups -OCH3 is 1. The summed E-state index contributed by atoms with van der Waals surface area (Å²) in [5.41, 5.74) is 0. The Morgan fingerprint density at radius 3 is 2.33 bits per heavy atom. The van der Waals surface area contributed by atoms with Crippen molar-refractivity contribution < 1.29 is 18.3 Å². The summed E-state index contributed by atoms with van der Waals surface area (Å²) in [5.74, 6) is 0.612. The summed E-state index contributed by atoms with van der Waals surface area (Å²) < 4.78 is 30.5. The molecule has 5 nitrogen and oxygen atoms in total. The first kappa shape index (κ1) is 14.9. The minimum atomic E-state index is -3.49. The number of benzene rings is 1. The van der Waals surface area contributed by atoms with E-state index in [2.05, 4.69) is 0 Å². The topological polar surface area (TPSA) is 66.8 Å². The first-order valence-corrected chi connectivity index (χ1v) is 7.10. The van der Waals surface area contributed by atoms with E-state index in [1.54, 1.807) is 19.1 Å². The van der Waals surface area contributed by atoms with Gasteiger partial charge in [-0.2, -0.15) is 0 Å². The molecule has 0 fully saturated rings. The number of ether oxygens (including phenoxy) is 1. The minimum Gasteiger partial charge on any atom is -0.497 e. The molecule has 1 unspecified atom stereocenters. The number of sulfonamides is 1. The predicted molar refractivity (Wildman–Crippen MR) is 69.1 cm³/mol. The molecule has 0 spiro atoms. The number of aliphatic hydroxyl groups is 1. The van der Waals surface area contributed by atoms with Crippen molar-refractivity contribution in [2.45, 2.75) is 24.3 Å². The zero-order valence-corrected chi connectivity index (χ0v) is 11.6. The van der Waals surface area contributed by atoms with E-state index in [9.17, 15) is 8.42 Å². The highest BCUT2D eigenvalue weighted by atomic mass is 32.2. The number of nitrogens with zero attached hydrogens (tertiary/aromatic N) is 1. The van der Waals surface area contributed by atoms with Gasteiger partial charge in [0.25, 0.3) is 0 Å². The summed E-state index contributed by atoms with van der Waals surface area (Å²) in [6.07, 6.45) is -0.107. The van der Waals surface area contributed by atoms with Gasteiger partial charge in [-0.05, 0) is 37.6 Å². The first-order valence-electron chi connectivity index (χ1n) is 5.66. The molecule has 18 heavy (non-hydrogen) atoms. The van der Waals surface area contributed by atoms with Gasteiger partial charge in [0.2, 0.25) is 10.0 Å². The Labute approximate surface area is 108 Å². The van der Waals surface area contributed by atoms with Gasteiger partial charge in [-0.25, -0.2) is 12.7 Å². The normalized spacial score (nSPS) is 13.6. The molecule has 0 saturated heterocycles. The van der Waals surface area contributed by atoms with Crippen molar-refractivity contribution >= 4 is 10.0 Å². The molecule has 1 rings (SSSR count). The molecule has 1 aromatic rings. The molecule has 6 heteroatoms. The Kier molecular flexibility index (Phi) is 5.13. The third kappa shape index (κ3) is 3.69. The third-order valence-corrected chi connectivity index (χ3v) is 4.50. The quantitative estimate of drug-likeness (QED) is 0.842. The Balaban J connectivity index is 2.84. The summed E-state index contributed by atoms with van der Waals surface area (Å²) in [6.45, 7) is 1.92. The van der Waals surface area contributed by atoms with Crippen LogP contribution in [0.25, 0.3) is 0 Å². The maximum Gasteiger partial charge on any atom is 0.242 e. The van der Waals surface area contributed by atoms with E-state index < -0.39 is 16.1 Å². The van der Waals surface area contributed by atoms with Gasteiger partial charge in [0.05, 0.1) is 18.1 Å². The highest BCUT2D eigenvalue weighted by Gasteiger charge is 2.20. The van der Waals surface area contributed by atoms with Gasteiger partial charge in [-0.1, -0.05) is 0 Å². The lowest BCUT2D eigenvalue weighted by atomic mass is 10.3. The molecule has 0 aliphatic carbocycles. The van der Waals surface area contributed by atoms with Crippen LogP contribution >= 0.6 is 0 Å². The maximum absolute atomic E-state index is 12.1. The highest BCUT2D eigenvalue weighted by Crippen LogP contribution is 2.18. The number of hydrogen-bond donors (Lipinski definition) is 1. The second kappa shape index (κ2) is 6.17. The van der Waals surface area contributed by atoms with Gasteiger partial charge in [0, 0.05) is 13.6 Å². The van der Waals surface area contributed by atoms with Crippen molar-refractivity contribution in [3.05, 3.63) is 24.3 Å². The van der Waals surface area contributed by atoms with Crippen molar-refractivity contribution in [2.75, 3.05) is 20.7 Å². The third-order valence-electron chi connectivity index (χ3n) is 2.63. The lowest BCUT2D eigenvalue weighted by Gasteiger charge is -2.18. The van der Waals surface area contributed by atoms with Crippen LogP contribution in [0, 0.1) is 0 Å². The molecule has 0 aliphatic heterocycles. The van der Waals surface area contributed by atoms with Crippen LogP contribution in [0.15, 0.2) is 29.2 Å². The second-order valence-corrected chi connectivity index (χ2v) is 6.18. The second-order valence-electron chi connectivity index (χ2n) is 4.14. The smallest absolute Gasteiger partial charge is 0.242 e. The fourth-order valence-corrected chi connectivity index (χ4v) is 2.60. The number of aliphatic hydroxyl groups excluding tert-OH is 1. The van der Waals surface area contributed by atoms with Crippen LogP contribution in [-0.4, -0.2) is 44.6 Å². The molecule has 0 heterocycles. The van der Waals surface area contributed by atoms with Crippen LogP contribution in [0.4, 0.5) is 0 Å². The van der Waals surface area contributed by atoms with Crippen molar-refractivity contribution in [1.82, 2.24) is 4.31 Å². The van der Waals surface area contributed by atoms with Crippen molar-refractivity contribution in [3.63, 3.8) is 0 Å². The molecule has 0 saturated carbocycles. The monoisotopic (exact) mass is 273 g/mol. The fourth-order valence-electron chi connectivity index (χ4n) is 1.42. The van der Waals surface area contributed by atoms with E-state index in [0.29, 0.717) is 12.2 Å². The molecule has 0 radical (unpaired) electrons. The zero-order valence-electron chi connectivity index (χ0n) is 10.8. The standard InChI is InChI=1S/C12H19NO4S/c1-10(14)8-9-13(2)18(15,16)12-6-4-11(17-3)5-7-12/h4-7,10,14H,8-9H2,1-3H3. The lowest BCUT2D eigenvalue weighted by Crippen LogP contribution is -2.29. The molecule has 0 amide bonds. The van der Waals surface area contributed by atoms with E-state index >= 15 is 0 Å². The molecule has 1 aromatic carbocycles. The summed E-state index contributed by atoms with van der Waals surface area (Å²) >= 11 is 0. The van der Waals surface area contributed by atoms with Crippen molar-refractivity contribution in [3.8, 4) is 5.75 Å². The van der Waals surface area contributed by atoms with E-state index in [-0.39, 0.29) is 11.4 Å². The number of rotatable bonds is 6. The Hall–Kier alpha value is -1.11. The summed E-state index contributed by atoms with van der Waals surface area (Å²) in [6, 6.07) is 6.23. The van der Waals surface area contributed by atoms with Gasteiger partial charge in [-0.3, -0.25) is 0 Å². The summed E-state index contributed by atoms with van der Waals surface area (Å²) in [5, 5.41) is 9.17. The Morgan fingerprint density at radius 1 is 1.33 bits per heavy atom. The van der Waals surface area contributed by atoms with E-state index in [1.165, 1.54) is 30.6 Å². The molecule has 1 atom stereocenters. The van der Waals surface area contributed by atoms with E-state index in [1.807, 2.05) is 0 Å². The van der Waals surface area contributed by atoms with Gasteiger partial charge in [-0.15, -0.1) is 0 Å². The molecule has 102 valence electrons. The van der Waals surface area contributed by atoms with Gasteiger partial charge >= 0.3 is 0 Å². The molecule has 0 aromatic heterocycles. The van der Waals surface area contributed by atoms with Gasteiger partial charge in [0.1, 0.15) is 5.75 Å². The van der Waals surface area contributed by atoms with E-state index in [4.69, 9.17) is 9.84 Å². The highest BCUT2D eigenvalue weighted by molar-refractivity contribution is 7.89. The predicted octanol–water partition coefficient (Wildman–Crippen LogP) is 1.09. The molecule has 1 N–H and O–H groups in total. The average Bonchev–Trinajstić information content (AvgIpc) is 2.35. The van der Waals surface area contributed by atoms with Crippen LogP contribution in [0.5, 0.6) is 5.75 Å². The van der Waals surface area contributed by atoms with Crippen LogP contribution in [0.1, 0.15) is 13.3 Å². The van der Waals surface area contributed by atoms with Crippen molar-refractivity contribution in [2.24, 2.45) is 0 Å². The van der Waals surface area contributed by atoms with Crippen LogP contribution < -0.4 is 4.74 Å².